The molecule has 8 heteroatoms. The Morgan fingerprint density at radius 3 is 2.71 bits per heavy atom. The lowest BCUT2D eigenvalue weighted by Gasteiger charge is -2.14. The van der Waals surface area contributed by atoms with Crippen molar-refractivity contribution < 1.29 is 27.8 Å². The lowest BCUT2D eigenvalue weighted by atomic mass is 10.1. The molecule has 2 aromatic rings. The number of alkyl halides is 3. The van der Waals surface area contributed by atoms with E-state index in [-0.39, 0.29) is 12.1 Å². The topological polar surface area (TPSA) is 59.4 Å². The number of aromatic nitrogens is 1. The third-order valence-corrected chi connectivity index (χ3v) is 4.52. The van der Waals surface area contributed by atoms with Gasteiger partial charge in [0.15, 0.2) is 5.69 Å². The highest BCUT2D eigenvalue weighted by Gasteiger charge is 2.31. The number of carboxylic acids is 1. The maximum atomic E-state index is 12.9. The summed E-state index contributed by atoms with van der Waals surface area (Å²) in [5.74, 6) is -0.299. The van der Waals surface area contributed by atoms with Crippen molar-refractivity contribution in [2.75, 3.05) is 6.61 Å². The van der Waals surface area contributed by atoms with E-state index < -0.39 is 17.7 Å². The van der Waals surface area contributed by atoms with E-state index in [0.717, 1.165) is 36.3 Å². The Balaban J connectivity index is 1.86. The first-order valence-corrected chi connectivity index (χ1v) is 8.21. The summed E-state index contributed by atoms with van der Waals surface area (Å²) in [6, 6.07) is 3.37. The zero-order valence-corrected chi connectivity index (χ0v) is 13.3. The molecule has 1 N–H and O–H groups in total. The van der Waals surface area contributed by atoms with Gasteiger partial charge < -0.3 is 9.84 Å². The molecule has 1 aliphatic carbocycles. The minimum absolute atomic E-state index is 0.0991. The van der Waals surface area contributed by atoms with Gasteiger partial charge in [-0.05, 0) is 37.0 Å². The van der Waals surface area contributed by atoms with Crippen molar-refractivity contribution in [2.24, 2.45) is 5.92 Å². The minimum Gasteiger partial charge on any atom is -0.493 e. The predicted molar refractivity (Wildman–Crippen MR) is 81.5 cm³/mol. The molecule has 24 heavy (non-hydrogen) atoms. The monoisotopic (exact) mass is 357 g/mol. The average molecular weight is 357 g/mol. The largest absolute Gasteiger partial charge is 0.493 e. The molecule has 0 aliphatic heterocycles. The first kappa shape index (κ1) is 16.8. The third kappa shape index (κ3) is 4.05. The molecule has 3 rings (SSSR count). The van der Waals surface area contributed by atoms with Crippen LogP contribution in [0, 0.1) is 5.92 Å². The third-order valence-electron chi connectivity index (χ3n) is 3.67. The van der Waals surface area contributed by atoms with Gasteiger partial charge in [0.05, 0.1) is 17.2 Å². The Morgan fingerprint density at radius 2 is 2.12 bits per heavy atom. The molecular weight excluding hydrogens is 343 g/mol. The van der Waals surface area contributed by atoms with Crippen LogP contribution in [-0.2, 0) is 12.6 Å². The second-order valence-electron chi connectivity index (χ2n) is 5.68. The molecule has 1 fully saturated rings. The zero-order chi connectivity index (χ0) is 17.3. The number of carbonyl (C=O) groups is 1. The van der Waals surface area contributed by atoms with E-state index in [4.69, 9.17) is 9.84 Å². The number of aromatic carboxylic acids is 1. The molecule has 1 aromatic carbocycles. The molecule has 4 nitrogen and oxygen atoms in total. The molecule has 0 saturated heterocycles. The molecule has 0 spiro atoms. The van der Waals surface area contributed by atoms with Gasteiger partial charge in [0, 0.05) is 17.4 Å². The number of carboxylic acid groups (broad SMARTS) is 1. The Morgan fingerprint density at radius 1 is 1.38 bits per heavy atom. The van der Waals surface area contributed by atoms with Crippen molar-refractivity contribution in [1.82, 2.24) is 4.98 Å². The van der Waals surface area contributed by atoms with Gasteiger partial charge in [0.1, 0.15) is 5.75 Å². The summed E-state index contributed by atoms with van der Waals surface area (Å²) < 4.78 is 44.5. The number of hydrogen-bond acceptors (Lipinski definition) is 4. The van der Waals surface area contributed by atoms with Gasteiger partial charge in [-0.3, -0.25) is 0 Å². The van der Waals surface area contributed by atoms with E-state index in [2.05, 4.69) is 4.98 Å². The molecule has 0 amide bonds. The highest BCUT2D eigenvalue weighted by atomic mass is 32.1. The molecule has 1 aromatic heterocycles. The first-order valence-electron chi connectivity index (χ1n) is 7.33. The van der Waals surface area contributed by atoms with Gasteiger partial charge in [0.25, 0.3) is 0 Å². The van der Waals surface area contributed by atoms with Crippen LogP contribution in [0.5, 0.6) is 5.75 Å². The van der Waals surface area contributed by atoms with Crippen molar-refractivity contribution in [2.45, 2.75) is 25.4 Å². The van der Waals surface area contributed by atoms with E-state index in [9.17, 15) is 18.0 Å². The normalized spacial score (nSPS) is 14.6. The van der Waals surface area contributed by atoms with E-state index >= 15 is 0 Å². The van der Waals surface area contributed by atoms with E-state index in [1.54, 1.807) is 0 Å². The van der Waals surface area contributed by atoms with Crippen LogP contribution in [0.15, 0.2) is 23.6 Å². The van der Waals surface area contributed by atoms with E-state index in [0.29, 0.717) is 28.8 Å². The number of nitrogens with zero attached hydrogens (tertiary/aromatic N) is 1. The number of halogens is 3. The van der Waals surface area contributed by atoms with Crippen LogP contribution in [0.2, 0.25) is 0 Å². The minimum atomic E-state index is -4.45. The molecular formula is C16H14F3NO3S. The first-order chi connectivity index (χ1) is 11.3. The molecule has 0 atom stereocenters. The van der Waals surface area contributed by atoms with Crippen molar-refractivity contribution in [3.8, 4) is 5.75 Å². The summed E-state index contributed by atoms with van der Waals surface area (Å²) in [7, 11) is 0. The van der Waals surface area contributed by atoms with Crippen molar-refractivity contribution >= 4 is 17.3 Å². The van der Waals surface area contributed by atoms with Gasteiger partial charge in [-0.2, -0.15) is 13.2 Å². The fourth-order valence-electron chi connectivity index (χ4n) is 2.18. The second-order valence-corrected chi connectivity index (χ2v) is 6.63. The van der Waals surface area contributed by atoms with Crippen molar-refractivity contribution in [3.63, 3.8) is 0 Å². The van der Waals surface area contributed by atoms with Crippen LogP contribution in [0.4, 0.5) is 13.2 Å². The van der Waals surface area contributed by atoms with Gasteiger partial charge in [-0.1, -0.05) is 0 Å². The number of benzene rings is 1. The lowest BCUT2D eigenvalue weighted by Crippen LogP contribution is -2.08. The maximum Gasteiger partial charge on any atom is 0.416 e. The number of rotatable bonds is 6. The lowest BCUT2D eigenvalue weighted by molar-refractivity contribution is -0.137. The predicted octanol–water partition coefficient (Wildman–Crippen LogP) is 4.24. The SMILES string of the molecule is O=C(O)c1csc(Cc2cc(C(F)(F)F)ccc2OCC2CC2)n1. The highest BCUT2D eigenvalue weighted by Crippen LogP contribution is 2.35. The Bertz CT molecular complexity index is 753. The number of thiazole rings is 1. The van der Waals surface area contributed by atoms with Crippen molar-refractivity contribution in [1.29, 1.82) is 0 Å². The highest BCUT2D eigenvalue weighted by molar-refractivity contribution is 7.09. The molecule has 0 bridgehead atoms. The van der Waals surface area contributed by atoms with Crippen LogP contribution < -0.4 is 4.74 Å². The van der Waals surface area contributed by atoms with Crippen LogP contribution in [-0.4, -0.2) is 22.7 Å². The summed E-state index contributed by atoms with van der Waals surface area (Å²) in [5, 5.41) is 10.7. The average Bonchev–Trinajstić information content (AvgIpc) is 3.22. The molecule has 0 unspecified atom stereocenters. The molecule has 0 radical (unpaired) electrons. The molecule has 1 aliphatic rings. The quantitative estimate of drug-likeness (QED) is 0.840. The second kappa shape index (κ2) is 6.43. The van der Waals surface area contributed by atoms with Gasteiger partial charge >= 0.3 is 12.1 Å². The Hall–Kier alpha value is -2.09. The maximum absolute atomic E-state index is 12.9. The fourth-order valence-corrected chi connectivity index (χ4v) is 2.97. The zero-order valence-electron chi connectivity index (χ0n) is 12.5. The standard InChI is InChI=1S/C16H14F3NO3S/c17-16(18,19)11-3-4-13(23-7-9-1-2-9)10(5-11)6-14-20-12(8-24-14)15(21)22/h3-5,8-9H,1-2,6-7H2,(H,21,22). The molecule has 1 saturated carbocycles. The van der Waals surface area contributed by atoms with Crippen LogP contribution in [0.3, 0.4) is 0 Å². The number of hydrogen-bond donors (Lipinski definition) is 1. The Labute approximate surface area is 139 Å². The van der Waals surface area contributed by atoms with Crippen molar-refractivity contribution in [3.05, 3.63) is 45.4 Å². The summed E-state index contributed by atoms with van der Waals surface area (Å²) >= 11 is 1.10. The van der Waals surface area contributed by atoms with Gasteiger partial charge in [-0.25, -0.2) is 9.78 Å². The summed E-state index contributed by atoms with van der Waals surface area (Å²) in [4.78, 5) is 14.8. The summed E-state index contributed by atoms with van der Waals surface area (Å²) in [6.07, 6.45) is -2.20. The number of ether oxygens (including phenoxy) is 1. The van der Waals surface area contributed by atoms with E-state index in [1.807, 2.05) is 0 Å². The Kier molecular flexibility index (Phi) is 4.49. The fraction of sp³-hybridized carbons (Fsp3) is 0.375. The van der Waals surface area contributed by atoms with E-state index in [1.165, 1.54) is 11.4 Å². The van der Waals surface area contributed by atoms with Crippen LogP contribution in [0.1, 0.15) is 39.5 Å². The summed E-state index contributed by atoms with van der Waals surface area (Å²) in [6.45, 7) is 0.483. The smallest absolute Gasteiger partial charge is 0.416 e. The summed E-state index contributed by atoms with van der Waals surface area (Å²) in [5.41, 5.74) is -0.509. The van der Waals surface area contributed by atoms with Crippen LogP contribution >= 0.6 is 11.3 Å². The molecule has 1 heterocycles. The van der Waals surface area contributed by atoms with Crippen LogP contribution in [0.25, 0.3) is 0 Å². The van der Waals surface area contributed by atoms with Gasteiger partial charge in [-0.15, -0.1) is 11.3 Å². The molecule has 128 valence electrons. The van der Waals surface area contributed by atoms with Gasteiger partial charge in [0.2, 0.25) is 0 Å².